The molecule has 0 spiro atoms. The molecule has 0 aliphatic heterocycles. The molecule has 2 rings (SSSR count). The van der Waals surface area contributed by atoms with Gasteiger partial charge in [0.2, 0.25) is 0 Å². The smallest absolute Gasteiger partial charge is 0.0725 e. The quantitative estimate of drug-likeness (QED) is 0.642. The average Bonchev–Trinajstić information content (AvgIpc) is 2.35. The number of nitrogens with two attached hydrogens (primary N) is 1. The second-order valence-corrected chi connectivity index (χ2v) is 5.50. The fourth-order valence-electron chi connectivity index (χ4n) is 1.80. The Morgan fingerprint density at radius 3 is 2.50 bits per heavy atom. The molecule has 0 saturated heterocycles. The predicted molar refractivity (Wildman–Crippen MR) is 79.8 cm³/mol. The number of nitrogens with one attached hydrogen (secondary N) is 1. The van der Waals surface area contributed by atoms with Gasteiger partial charge in [-0.05, 0) is 29.3 Å². The minimum Gasteiger partial charge on any atom is -0.271 e. The van der Waals surface area contributed by atoms with Gasteiger partial charge in [-0.2, -0.15) is 0 Å². The number of hydrogen-bond donors (Lipinski definition) is 2. The first-order valence-electron chi connectivity index (χ1n) is 5.29. The van der Waals surface area contributed by atoms with Crippen molar-refractivity contribution in [2.45, 2.75) is 6.04 Å². The molecule has 0 aliphatic rings. The number of benzene rings is 2. The molecule has 0 aliphatic carbocycles. The van der Waals surface area contributed by atoms with E-state index in [1.807, 2.05) is 36.4 Å². The van der Waals surface area contributed by atoms with Gasteiger partial charge >= 0.3 is 0 Å². The van der Waals surface area contributed by atoms with Crippen molar-refractivity contribution < 1.29 is 0 Å². The molecule has 0 aromatic heterocycles. The van der Waals surface area contributed by atoms with Crippen molar-refractivity contribution in [2.75, 3.05) is 0 Å². The standard InChI is InChI=1S/C13H11BrCl2N2/c14-9-4-1-3-8(7-9)13(18-17)10-5-2-6-11(15)12(10)16/h1-7,13,18H,17H2. The van der Waals surface area contributed by atoms with Crippen LogP contribution in [0.25, 0.3) is 0 Å². The third kappa shape index (κ3) is 2.87. The lowest BCUT2D eigenvalue weighted by atomic mass is 9.99. The maximum absolute atomic E-state index is 6.22. The summed E-state index contributed by atoms with van der Waals surface area (Å²) in [5, 5.41) is 1.03. The summed E-state index contributed by atoms with van der Waals surface area (Å²) >= 11 is 15.7. The van der Waals surface area contributed by atoms with Crippen LogP contribution in [-0.4, -0.2) is 0 Å². The molecule has 0 bridgehead atoms. The van der Waals surface area contributed by atoms with Crippen molar-refractivity contribution in [2.24, 2.45) is 5.84 Å². The Balaban J connectivity index is 2.49. The van der Waals surface area contributed by atoms with E-state index in [0.717, 1.165) is 15.6 Å². The molecule has 0 heterocycles. The minimum absolute atomic E-state index is 0.200. The molecule has 2 aromatic rings. The van der Waals surface area contributed by atoms with Gasteiger partial charge in [-0.25, -0.2) is 5.43 Å². The molecule has 0 amide bonds. The van der Waals surface area contributed by atoms with Crippen molar-refractivity contribution in [3.05, 3.63) is 68.1 Å². The monoisotopic (exact) mass is 344 g/mol. The zero-order valence-corrected chi connectivity index (χ0v) is 12.4. The molecule has 18 heavy (non-hydrogen) atoms. The van der Waals surface area contributed by atoms with E-state index in [2.05, 4.69) is 21.4 Å². The van der Waals surface area contributed by atoms with E-state index in [4.69, 9.17) is 29.0 Å². The Morgan fingerprint density at radius 1 is 1.11 bits per heavy atom. The summed E-state index contributed by atoms with van der Waals surface area (Å²) in [5.74, 6) is 5.64. The van der Waals surface area contributed by atoms with Crippen LogP contribution in [0, 0.1) is 0 Å². The van der Waals surface area contributed by atoms with E-state index < -0.39 is 0 Å². The van der Waals surface area contributed by atoms with Gasteiger partial charge in [0.25, 0.3) is 0 Å². The van der Waals surface area contributed by atoms with Crippen LogP contribution in [0.3, 0.4) is 0 Å². The topological polar surface area (TPSA) is 38.0 Å². The Bertz CT molecular complexity index is 560. The lowest BCUT2D eigenvalue weighted by Crippen LogP contribution is -2.29. The fourth-order valence-corrected chi connectivity index (χ4v) is 2.63. The van der Waals surface area contributed by atoms with E-state index in [9.17, 15) is 0 Å². The van der Waals surface area contributed by atoms with Gasteiger partial charge in [-0.15, -0.1) is 0 Å². The predicted octanol–water partition coefficient (Wildman–Crippen LogP) is 4.31. The van der Waals surface area contributed by atoms with Crippen molar-refractivity contribution in [3.8, 4) is 0 Å². The maximum atomic E-state index is 6.22. The molecule has 0 fully saturated rings. The molecule has 1 atom stereocenters. The molecule has 0 radical (unpaired) electrons. The van der Waals surface area contributed by atoms with E-state index >= 15 is 0 Å². The first kappa shape index (κ1) is 13.8. The number of rotatable bonds is 3. The van der Waals surface area contributed by atoms with Crippen LogP contribution in [0.1, 0.15) is 17.2 Å². The van der Waals surface area contributed by atoms with Crippen LogP contribution in [-0.2, 0) is 0 Å². The summed E-state index contributed by atoms with van der Waals surface area (Å²) in [6.07, 6.45) is 0. The van der Waals surface area contributed by atoms with E-state index in [-0.39, 0.29) is 6.04 Å². The molecule has 2 aromatic carbocycles. The summed E-state index contributed by atoms with van der Waals surface area (Å²) in [7, 11) is 0. The largest absolute Gasteiger partial charge is 0.271 e. The zero-order chi connectivity index (χ0) is 13.1. The van der Waals surface area contributed by atoms with Gasteiger partial charge in [0.15, 0.2) is 0 Å². The van der Waals surface area contributed by atoms with Crippen LogP contribution in [0.4, 0.5) is 0 Å². The average molecular weight is 346 g/mol. The first-order chi connectivity index (χ1) is 8.63. The number of halogens is 3. The normalized spacial score (nSPS) is 12.4. The minimum atomic E-state index is -0.200. The van der Waals surface area contributed by atoms with E-state index in [1.54, 1.807) is 6.07 Å². The Labute approximate surface area is 124 Å². The molecule has 0 saturated carbocycles. The lowest BCUT2D eigenvalue weighted by molar-refractivity contribution is 0.637. The molecule has 5 heteroatoms. The summed E-state index contributed by atoms with van der Waals surface area (Å²) in [6.45, 7) is 0. The van der Waals surface area contributed by atoms with Crippen molar-refractivity contribution in [1.82, 2.24) is 5.43 Å². The Hall–Kier alpha value is -0.580. The third-order valence-corrected chi connectivity index (χ3v) is 3.97. The highest BCUT2D eigenvalue weighted by atomic mass is 79.9. The number of hydrogen-bond acceptors (Lipinski definition) is 2. The molecular formula is C13H11BrCl2N2. The van der Waals surface area contributed by atoms with Crippen LogP contribution in [0.15, 0.2) is 46.9 Å². The SMILES string of the molecule is NNC(c1cccc(Br)c1)c1cccc(Cl)c1Cl. The van der Waals surface area contributed by atoms with Gasteiger partial charge in [0.05, 0.1) is 16.1 Å². The van der Waals surface area contributed by atoms with E-state index in [0.29, 0.717) is 10.0 Å². The van der Waals surface area contributed by atoms with E-state index in [1.165, 1.54) is 0 Å². The highest BCUT2D eigenvalue weighted by Crippen LogP contribution is 2.33. The molecule has 94 valence electrons. The van der Waals surface area contributed by atoms with Gasteiger partial charge < -0.3 is 0 Å². The van der Waals surface area contributed by atoms with Crippen molar-refractivity contribution in [1.29, 1.82) is 0 Å². The molecule has 3 N–H and O–H groups in total. The maximum Gasteiger partial charge on any atom is 0.0725 e. The highest BCUT2D eigenvalue weighted by Gasteiger charge is 2.17. The van der Waals surface area contributed by atoms with Gasteiger partial charge in [0.1, 0.15) is 0 Å². The van der Waals surface area contributed by atoms with Crippen LogP contribution in [0.5, 0.6) is 0 Å². The summed E-state index contributed by atoms with van der Waals surface area (Å²) < 4.78 is 0.985. The zero-order valence-electron chi connectivity index (χ0n) is 9.33. The second-order valence-electron chi connectivity index (χ2n) is 3.80. The van der Waals surface area contributed by atoms with Crippen LogP contribution < -0.4 is 11.3 Å². The fraction of sp³-hybridized carbons (Fsp3) is 0.0769. The van der Waals surface area contributed by atoms with Crippen molar-refractivity contribution in [3.63, 3.8) is 0 Å². The second kappa shape index (κ2) is 6.04. The Morgan fingerprint density at radius 2 is 1.83 bits per heavy atom. The van der Waals surface area contributed by atoms with Crippen molar-refractivity contribution >= 4 is 39.1 Å². The van der Waals surface area contributed by atoms with Gasteiger partial charge in [-0.1, -0.05) is 63.4 Å². The summed E-state index contributed by atoms with van der Waals surface area (Å²) in [4.78, 5) is 0. The molecular weight excluding hydrogens is 335 g/mol. The lowest BCUT2D eigenvalue weighted by Gasteiger charge is -2.19. The Kier molecular flexibility index (Phi) is 4.65. The first-order valence-corrected chi connectivity index (χ1v) is 6.84. The summed E-state index contributed by atoms with van der Waals surface area (Å²) in [6, 6.07) is 13.2. The van der Waals surface area contributed by atoms with Gasteiger partial charge in [-0.3, -0.25) is 5.84 Å². The number of hydrazine groups is 1. The molecule has 2 nitrogen and oxygen atoms in total. The summed E-state index contributed by atoms with van der Waals surface area (Å²) in [5.41, 5.74) is 4.63. The van der Waals surface area contributed by atoms with Gasteiger partial charge in [0, 0.05) is 4.47 Å². The van der Waals surface area contributed by atoms with Crippen LogP contribution >= 0.6 is 39.1 Å². The highest BCUT2D eigenvalue weighted by molar-refractivity contribution is 9.10. The molecule has 1 unspecified atom stereocenters. The van der Waals surface area contributed by atoms with Crippen LogP contribution in [0.2, 0.25) is 10.0 Å². The third-order valence-electron chi connectivity index (χ3n) is 2.64.